The zero-order chi connectivity index (χ0) is 13.7. The summed E-state index contributed by atoms with van der Waals surface area (Å²) in [4.78, 5) is 2.74. The van der Waals surface area contributed by atoms with Gasteiger partial charge in [0.1, 0.15) is 0 Å². The second kappa shape index (κ2) is 7.05. The lowest BCUT2D eigenvalue weighted by Crippen LogP contribution is -2.54. The first-order chi connectivity index (χ1) is 9.23. The summed E-state index contributed by atoms with van der Waals surface area (Å²) in [6.45, 7) is 11.4. The van der Waals surface area contributed by atoms with E-state index in [0.717, 1.165) is 32.0 Å². The molecule has 0 aromatic heterocycles. The van der Waals surface area contributed by atoms with Gasteiger partial charge in [0.05, 0.1) is 5.60 Å². The molecule has 0 bridgehead atoms. The summed E-state index contributed by atoms with van der Waals surface area (Å²) >= 11 is 0. The number of likely N-dealkylation sites (tertiary alicyclic amines) is 1. The molecule has 3 nitrogen and oxygen atoms in total. The van der Waals surface area contributed by atoms with Gasteiger partial charge in [0.15, 0.2) is 0 Å². The number of piperidine rings is 1. The molecule has 0 aliphatic carbocycles. The smallest absolute Gasteiger partial charge is 0.0692 e. The highest BCUT2D eigenvalue weighted by atomic mass is 16.5. The molecule has 0 spiro atoms. The van der Waals surface area contributed by atoms with E-state index in [0.29, 0.717) is 6.04 Å². The van der Waals surface area contributed by atoms with E-state index in [2.05, 4.69) is 31.0 Å². The summed E-state index contributed by atoms with van der Waals surface area (Å²) in [5, 5.41) is 3.63. The largest absolute Gasteiger partial charge is 0.375 e. The van der Waals surface area contributed by atoms with Crippen molar-refractivity contribution >= 4 is 0 Å². The lowest BCUT2D eigenvalue weighted by molar-refractivity contribution is -0.113. The molecular weight excluding hydrogens is 236 g/mol. The Hall–Kier alpha value is -0.120. The van der Waals surface area contributed by atoms with Crippen LogP contribution in [0.2, 0.25) is 0 Å². The third-order valence-corrected chi connectivity index (χ3v) is 5.22. The molecule has 0 radical (unpaired) electrons. The molecule has 112 valence electrons. The molecule has 2 aliphatic heterocycles. The quantitative estimate of drug-likeness (QED) is 0.830. The first-order valence-corrected chi connectivity index (χ1v) is 8.34. The van der Waals surface area contributed by atoms with Crippen LogP contribution in [0.25, 0.3) is 0 Å². The van der Waals surface area contributed by atoms with Crippen LogP contribution in [0.5, 0.6) is 0 Å². The minimum atomic E-state index is 0.161. The van der Waals surface area contributed by atoms with Gasteiger partial charge in [0.25, 0.3) is 0 Å². The van der Waals surface area contributed by atoms with E-state index in [9.17, 15) is 0 Å². The molecule has 19 heavy (non-hydrogen) atoms. The minimum Gasteiger partial charge on any atom is -0.375 e. The van der Waals surface area contributed by atoms with E-state index >= 15 is 0 Å². The fourth-order valence-electron chi connectivity index (χ4n) is 3.85. The van der Waals surface area contributed by atoms with Gasteiger partial charge in [0.2, 0.25) is 0 Å². The number of hydrogen-bond donors (Lipinski definition) is 1. The van der Waals surface area contributed by atoms with Crippen LogP contribution >= 0.6 is 0 Å². The third kappa shape index (κ3) is 3.71. The normalized spacial score (nSPS) is 32.4. The molecule has 1 N–H and O–H groups in total. The topological polar surface area (TPSA) is 24.5 Å². The monoisotopic (exact) mass is 268 g/mol. The second-order valence-electron chi connectivity index (χ2n) is 6.28. The van der Waals surface area contributed by atoms with Gasteiger partial charge >= 0.3 is 0 Å². The molecule has 0 saturated carbocycles. The molecule has 0 aromatic carbocycles. The van der Waals surface area contributed by atoms with Crippen molar-refractivity contribution in [2.24, 2.45) is 0 Å². The fourth-order valence-corrected chi connectivity index (χ4v) is 3.85. The number of ether oxygens (including phenoxy) is 1. The predicted octanol–water partition coefficient (Wildman–Crippen LogP) is 2.80. The standard InChI is InChI=1S/C16H32N2O/c1-4-16(5-2)12-15(9-11-19-16)18-10-7-8-14(13-18)17-6-3/h14-15,17H,4-13H2,1-3H3. The number of nitrogens with one attached hydrogen (secondary N) is 1. The Morgan fingerprint density at radius 3 is 2.68 bits per heavy atom. The highest BCUT2D eigenvalue weighted by Crippen LogP contribution is 2.34. The first-order valence-electron chi connectivity index (χ1n) is 8.34. The lowest BCUT2D eigenvalue weighted by Gasteiger charge is -2.46. The molecule has 2 saturated heterocycles. The van der Waals surface area contributed by atoms with Crippen molar-refractivity contribution in [3.8, 4) is 0 Å². The van der Waals surface area contributed by atoms with Crippen molar-refractivity contribution in [1.29, 1.82) is 0 Å². The zero-order valence-corrected chi connectivity index (χ0v) is 13.1. The molecule has 2 rings (SSSR count). The van der Waals surface area contributed by atoms with E-state index in [1.54, 1.807) is 0 Å². The van der Waals surface area contributed by atoms with Crippen LogP contribution < -0.4 is 5.32 Å². The maximum atomic E-state index is 6.12. The maximum absolute atomic E-state index is 6.12. The Bertz CT molecular complexity index is 263. The molecule has 3 heteroatoms. The Morgan fingerprint density at radius 1 is 1.21 bits per heavy atom. The Kier molecular flexibility index (Phi) is 5.67. The third-order valence-electron chi connectivity index (χ3n) is 5.22. The number of rotatable bonds is 5. The lowest BCUT2D eigenvalue weighted by atomic mass is 9.84. The van der Waals surface area contributed by atoms with Crippen LogP contribution in [-0.4, -0.2) is 48.8 Å². The maximum Gasteiger partial charge on any atom is 0.0692 e. The predicted molar refractivity (Wildman–Crippen MR) is 80.6 cm³/mol. The van der Waals surface area contributed by atoms with E-state index in [1.807, 2.05) is 0 Å². The van der Waals surface area contributed by atoms with E-state index in [4.69, 9.17) is 4.74 Å². The van der Waals surface area contributed by atoms with Gasteiger partial charge in [-0.2, -0.15) is 0 Å². The van der Waals surface area contributed by atoms with Gasteiger partial charge in [-0.15, -0.1) is 0 Å². The van der Waals surface area contributed by atoms with Crippen LogP contribution in [0.3, 0.4) is 0 Å². The highest BCUT2D eigenvalue weighted by molar-refractivity contribution is 4.91. The minimum absolute atomic E-state index is 0.161. The zero-order valence-electron chi connectivity index (χ0n) is 13.1. The van der Waals surface area contributed by atoms with Gasteiger partial charge in [-0.05, 0) is 51.6 Å². The van der Waals surface area contributed by atoms with Crippen LogP contribution in [0.1, 0.15) is 59.3 Å². The molecule has 2 atom stereocenters. The van der Waals surface area contributed by atoms with Crippen LogP contribution in [0, 0.1) is 0 Å². The molecular formula is C16H32N2O. The molecule has 2 heterocycles. The Balaban J connectivity index is 1.93. The van der Waals surface area contributed by atoms with Crippen LogP contribution in [-0.2, 0) is 4.74 Å². The SMILES string of the molecule is CCNC1CCCN(C2CCOC(CC)(CC)C2)C1. The summed E-state index contributed by atoms with van der Waals surface area (Å²) in [6.07, 6.45) is 7.47. The molecule has 2 aliphatic rings. The van der Waals surface area contributed by atoms with Gasteiger partial charge in [-0.25, -0.2) is 0 Å². The number of likely N-dealkylation sites (N-methyl/N-ethyl adjacent to an activating group) is 1. The van der Waals surface area contributed by atoms with Crippen molar-refractivity contribution in [2.45, 2.75) is 77.0 Å². The van der Waals surface area contributed by atoms with E-state index < -0.39 is 0 Å². The molecule has 0 aromatic rings. The van der Waals surface area contributed by atoms with Crippen molar-refractivity contribution in [1.82, 2.24) is 10.2 Å². The average molecular weight is 268 g/mol. The van der Waals surface area contributed by atoms with Crippen molar-refractivity contribution in [2.75, 3.05) is 26.2 Å². The summed E-state index contributed by atoms with van der Waals surface area (Å²) in [5.41, 5.74) is 0.161. The second-order valence-corrected chi connectivity index (χ2v) is 6.28. The fraction of sp³-hybridized carbons (Fsp3) is 1.00. The van der Waals surface area contributed by atoms with Gasteiger partial charge in [-0.3, -0.25) is 4.90 Å². The summed E-state index contributed by atoms with van der Waals surface area (Å²) < 4.78 is 6.12. The molecule has 2 unspecified atom stereocenters. The van der Waals surface area contributed by atoms with Gasteiger partial charge in [0, 0.05) is 25.2 Å². The van der Waals surface area contributed by atoms with E-state index in [-0.39, 0.29) is 5.60 Å². The van der Waals surface area contributed by atoms with Crippen molar-refractivity contribution in [3.63, 3.8) is 0 Å². The Morgan fingerprint density at radius 2 is 2.00 bits per heavy atom. The van der Waals surface area contributed by atoms with E-state index in [1.165, 1.54) is 38.8 Å². The molecule has 0 amide bonds. The average Bonchev–Trinajstić information content (AvgIpc) is 2.48. The van der Waals surface area contributed by atoms with Crippen molar-refractivity contribution in [3.05, 3.63) is 0 Å². The number of hydrogen-bond acceptors (Lipinski definition) is 3. The van der Waals surface area contributed by atoms with Crippen LogP contribution in [0.4, 0.5) is 0 Å². The van der Waals surface area contributed by atoms with Crippen molar-refractivity contribution < 1.29 is 4.74 Å². The number of nitrogens with zero attached hydrogens (tertiary/aromatic N) is 1. The first kappa shape index (κ1) is 15.3. The highest BCUT2D eigenvalue weighted by Gasteiger charge is 2.37. The van der Waals surface area contributed by atoms with Gasteiger partial charge in [-0.1, -0.05) is 20.8 Å². The van der Waals surface area contributed by atoms with Gasteiger partial charge < -0.3 is 10.1 Å². The van der Waals surface area contributed by atoms with Crippen LogP contribution in [0.15, 0.2) is 0 Å². The summed E-state index contributed by atoms with van der Waals surface area (Å²) in [5.74, 6) is 0. The Labute approximate surface area is 119 Å². The summed E-state index contributed by atoms with van der Waals surface area (Å²) in [6, 6.07) is 1.45. The summed E-state index contributed by atoms with van der Waals surface area (Å²) in [7, 11) is 0. The molecule has 2 fully saturated rings.